The first-order valence-corrected chi connectivity index (χ1v) is 31.2. The number of rotatable bonds is 15. The van der Waals surface area contributed by atoms with E-state index in [1.54, 1.807) is 26.0 Å². The lowest BCUT2D eigenvalue weighted by Gasteiger charge is -2.38. The van der Waals surface area contributed by atoms with Crippen molar-refractivity contribution >= 4 is 49.2 Å². The molecule has 2 saturated heterocycles. The van der Waals surface area contributed by atoms with Crippen LogP contribution in [0.4, 0.5) is 10.2 Å². The zero-order valence-electron chi connectivity index (χ0n) is 46.8. The summed E-state index contributed by atoms with van der Waals surface area (Å²) in [7, 11) is -8.49. The number of anilines is 1. The predicted octanol–water partition coefficient (Wildman–Crippen LogP) is 10.0. The monoisotopic (exact) mass is 1130 g/mol. The SMILES string of the molecule is CC(=O)C1(C)CCN(c2cccc(S(=O)(=O)NC(=O)C3(Oc4cc(C)ccc4C4CCCCC4)CC3)n2)CC1.CC(=O)C1(C)CCNCC1.Cc1ccc(C2CCCCC2)c(OC2(C(=O)NS(=O)(=O)c3cccc(F)n3)CC2)c1. The van der Waals surface area contributed by atoms with Gasteiger partial charge in [-0.1, -0.05) is 88.8 Å². The first-order valence-electron chi connectivity index (χ1n) is 28.3. The molecule has 0 bridgehead atoms. The van der Waals surface area contributed by atoms with E-state index in [-0.39, 0.29) is 21.6 Å². The number of halogens is 1. The van der Waals surface area contributed by atoms with Crippen LogP contribution >= 0.6 is 0 Å². The summed E-state index contributed by atoms with van der Waals surface area (Å²) in [6.07, 6.45) is 16.7. The minimum Gasteiger partial charge on any atom is -0.477 e. The molecular formula is C60H79FN6O10S2. The van der Waals surface area contributed by atoms with Crippen molar-refractivity contribution in [1.82, 2.24) is 24.7 Å². The van der Waals surface area contributed by atoms with Crippen LogP contribution in [0.15, 0.2) is 82.8 Å². The van der Waals surface area contributed by atoms with E-state index < -0.39 is 54.0 Å². The molecular weight excluding hydrogens is 1050 g/mol. The Morgan fingerprint density at radius 3 is 1.41 bits per heavy atom. The maximum absolute atomic E-state index is 13.3. The molecule has 4 aromatic rings. The van der Waals surface area contributed by atoms with Crippen LogP contribution in [-0.2, 0) is 39.2 Å². The molecule has 2 aromatic carbocycles. The number of pyridine rings is 2. The van der Waals surface area contributed by atoms with E-state index in [0.717, 1.165) is 86.0 Å². The third-order valence-corrected chi connectivity index (χ3v) is 19.7. The van der Waals surface area contributed by atoms with Crippen LogP contribution < -0.4 is 29.1 Å². The molecule has 10 rings (SSSR count). The van der Waals surface area contributed by atoms with E-state index in [1.165, 1.54) is 50.7 Å². The number of hydrogen-bond donors (Lipinski definition) is 3. The molecule has 2 aliphatic heterocycles. The molecule has 428 valence electrons. The largest absolute Gasteiger partial charge is 0.477 e. The molecule has 0 spiro atoms. The summed E-state index contributed by atoms with van der Waals surface area (Å²) in [6, 6.07) is 20.3. The fraction of sp³-hybridized carbons (Fsp3) is 0.567. The summed E-state index contributed by atoms with van der Waals surface area (Å²) in [5.41, 5.74) is 1.44. The highest BCUT2D eigenvalue weighted by Gasteiger charge is 2.56. The summed E-state index contributed by atoms with van der Waals surface area (Å²) >= 11 is 0. The van der Waals surface area contributed by atoms with Crippen molar-refractivity contribution in [1.29, 1.82) is 0 Å². The Balaban J connectivity index is 0.000000181. The highest BCUT2D eigenvalue weighted by molar-refractivity contribution is 7.90. The number of carbonyl (C=O) groups excluding carboxylic acids is 4. The second kappa shape index (κ2) is 24.5. The van der Waals surface area contributed by atoms with Gasteiger partial charge in [0.05, 0.1) is 0 Å². The number of nitrogens with zero attached hydrogens (tertiary/aromatic N) is 3. The van der Waals surface area contributed by atoms with E-state index >= 15 is 0 Å². The highest BCUT2D eigenvalue weighted by Crippen LogP contribution is 2.47. The second-order valence-corrected chi connectivity index (χ2v) is 26.7. The third-order valence-electron chi connectivity index (χ3n) is 17.3. The van der Waals surface area contributed by atoms with Crippen LogP contribution in [0.1, 0.15) is 177 Å². The van der Waals surface area contributed by atoms with Crippen LogP contribution in [-0.4, -0.2) is 87.6 Å². The Morgan fingerprint density at radius 2 is 1.00 bits per heavy atom. The average molecular weight is 1130 g/mol. The van der Waals surface area contributed by atoms with E-state index in [1.807, 2.05) is 48.6 Å². The Bertz CT molecular complexity index is 3100. The van der Waals surface area contributed by atoms with Crippen molar-refractivity contribution in [2.24, 2.45) is 10.8 Å². The van der Waals surface area contributed by atoms with Gasteiger partial charge in [-0.3, -0.25) is 19.2 Å². The molecule has 0 unspecified atom stereocenters. The Kier molecular flexibility index (Phi) is 18.4. The molecule has 2 amide bonds. The van der Waals surface area contributed by atoms with Crippen molar-refractivity contribution in [3.05, 3.63) is 101 Å². The fourth-order valence-corrected chi connectivity index (χ4v) is 13.1. The second-order valence-electron chi connectivity index (χ2n) is 23.4. The van der Waals surface area contributed by atoms with E-state index in [0.29, 0.717) is 86.6 Å². The molecule has 4 aliphatic carbocycles. The quantitative estimate of drug-likeness (QED) is 0.0944. The summed E-state index contributed by atoms with van der Waals surface area (Å²) in [5, 5.41) is 2.50. The number of amides is 2. The number of carbonyl (C=O) groups is 4. The van der Waals surface area contributed by atoms with Gasteiger partial charge in [-0.15, -0.1) is 0 Å². The molecule has 0 atom stereocenters. The molecule has 79 heavy (non-hydrogen) atoms. The summed E-state index contributed by atoms with van der Waals surface area (Å²) < 4.78 is 81.6. The van der Waals surface area contributed by atoms with Crippen LogP contribution in [0.5, 0.6) is 11.5 Å². The van der Waals surface area contributed by atoms with Crippen LogP contribution in [0, 0.1) is 30.6 Å². The third kappa shape index (κ3) is 14.6. The molecule has 16 nitrogen and oxygen atoms in total. The normalized spacial score (nSPS) is 20.4. The van der Waals surface area contributed by atoms with E-state index in [4.69, 9.17) is 9.47 Å². The molecule has 4 heterocycles. The van der Waals surface area contributed by atoms with Gasteiger partial charge in [-0.05, 0) is 163 Å². The molecule has 4 saturated carbocycles. The van der Waals surface area contributed by atoms with Gasteiger partial charge < -0.3 is 19.7 Å². The predicted molar refractivity (Wildman–Crippen MR) is 299 cm³/mol. The van der Waals surface area contributed by atoms with Gasteiger partial charge in [-0.25, -0.2) is 19.4 Å². The minimum atomic E-state index is -4.29. The van der Waals surface area contributed by atoms with Crippen molar-refractivity contribution in [3.63, 3.8) is 0 Å². The number of piperidine rings is 2. The number of aromatic nitrogens is 2. The fourth-order valence-electron chi connectivity index (χ4n) is 11.1. The Labute approximate surface area is 466 Å². The number of aryl methyl sites for hydroxylation is 2. The van der Waals surface area contributed by atoms with Gasteiger partial charge in [-0.2, -0.15) is 21.2 Å². The first-order chi connectivity index (χ1) is 37.5. The van der Waals surface area contributed by atoms with E-state index in [2.05, 4.69) is 45.1 Å². The van der Waals surface area contributed by atoms with Crippen molar-refractivity contribution in [3.8, 4) is 11.5 Å². The standard InChI is InChI=1S/C30H39N3O5S.C22H25FN2O4S.C8H15NO/c1-21-12-13-24(23-8-5-4-6-9-23)25(20-21)38-30(14-15-30)28(35)32-39(36,37)27-11-7-10-26(31-27)33-18-16-29(3,17-19-33)22(2)34;1-15-10-11-17(16-6-3-2-4-7-16)18(14-15)29-22(12-13-22)21(26)25-30(27,28)20-9-5-8-19(23)24-20;1-7(10)8(2)3-5-9-6-4-8/h7,10-13,20,23H,4-6,8-9,14-19H2,1-3H3,(H,32,35);5,8-11,14,16H,2-4,6-7,12-13H2,1H3,(H,25,26);9H,3-6H2,1-2H3. The Hall–Kier alpha value is -5.79. The van der Waals surface area contributed by atoms with Crippen LogP contribution in [0.3, 0.4) is 0 Å². The maximum atomic E-state index is 13.3. The van der Waals surface area contributed by atoms with Crippen molar-refractivity contribution in [2.45, 2.75) is 190 Å². The lowest BCUT2D eigenvalue weighted by Crippen LogP contribution is -2.44. The zero-order chi connectivity index (χ0) is 56.8. The lowest BCUT2D eigenvalue weighted by molar-refractivity contribution is -0.128. The topological polar surface area (TPSA) is 220 Å². The first kappa shape index (κ1) is 59.3. The maximum Gasteiger partial charge on any atom is 0.281 e. The molecule has 6 aliphatic rings. The molecule has 19 heteroatoms. The number of sulfonamides is 2. The number of benzene rings is 2. The Morgan fingerprint density at radius 1 is 0.582 bits per heavy atom. The summed E-state index contributed by atoms with van der Waals surface area (Å²) in [5.74, 6) is 0.817. The van der Waals surface area contributed by atoms with E-state index in [9.17, 15) is 40.4 Å². The van der Waals surface area contributed by atoms with Gasteiger partial charge in [0.1, 0.15) is 28.9 Å². The minimum absolute atomic E-state index is 0.0226. The van der Waals surface area contributed by atoms with Gasteiger partial charge in [0.25, 0.3) is 31.9 Å². The highest BCUT2D eigenvalue weighted by atomic mass is 32.2. The van der Waals surface area contributed by atoms with Crippen LogP contribution in [0.2, 0.25) is 0 Å². The summed E-state index contributed by atoms with van der Waals surface area (Å²) in [6.45, 7) is 14.5. The van der Waals surface area contributed by atoms with Crippen LogP contribution in [0.25, 0.3) is 0 Å². The average Bonchev–Trinajstić information content (AvgIpc) is 4.56. The van der Waals surface area contributed by atoms with Gasteiger partial charge in [0.15, 0.2) is 21.3 Å². The van der Waals surface area contributed by atoms with Gasteiger partial charge in [0, 0.05) is 49.6 Å². The molecule has 0 radical (unpaired) electrons. The molecule has 6 fully saturated rings. The number of ether oxygens (including phenoxy) is 2. The number of ketones is 2. The smallest absolute Gasteiger partial charge is 0.281 e. The number of hydrogen-bond acceptors (Lipinski definition) is 14. The van der Waals surface area contributed by atoms with Crippen molar-refractivity contribution < 1.29 is 49.9 Å². The zero-order valence-corrected chi connectivity index (χ0v) is 48.4. The molecule has 3 N–H and O–H groups in total. The van der Waals surface area contributed by atoms with Gasteiger partial charge in [0.2, 0.25) is 5.95 Å². The summed E-state index contributed by atoms with van der Waals surface area (Å²) in [4.78, 5) is 59.0. The molecule has 2 aromatic heterocycles. The van der Waals surface area contributed by atoms with Crippen molar-refractivity contribution in [2.75, 3.05) is 31.1 Å². The van der Waals surface area contributed by atoms with Gasteiger partial charge >= 0.3 is 0 Å². The number of nitrogens with one attached hydrogen (secondary N) is 3. The number of Topliss-reactive ketones (excluding diaryl/α,β-unsaturated/α-hetero) is 2. The lowest BCUT2D eigenvalue weighted by atomic mass is 9.77.